The molecule has 5 nitrogen and oxygen atoms in total. The first-order valence-corrected chi connectivity index (χ1v) is 8.46. The topological polar surface area (TPSA) is 61.8 Å². The van der Waals surface area contributed by atoms with Crippen molar-refractivity contribution < 1.29 is 8.42 Å². The van der Waals surface area contributed by atoms with Gasteiger partial charge in [-0.1, -0.05) is 12.1 Å². The summed E-state index contributed by atoms with van der Waals surface area (Å²) in [5.74, 6) is 0. The van der Waals surface area contributed by atoms with Gasteiger partial charge in [-0.25, -0.2) is 8.42 Å². The van der Waals surface area contributed by atoms with Crippen molar-refractivity contribution in [3.05, 3.63) is 29.3 Å². The lowest BCUT2D eigenvalue weighted by Crippen LogP contribution is -2.35. The van der Waals surface area contributed by atoms with Crippen LogP contribution in [0.3, 0.4) is 0 Å². The van der Waals surface area contributed by atoms with Crippen LogP contribution in [0.5, 0.6) is 0 Å². The highest BCUT2D eigenvalue weighted by Gasteiger charge is 2.28. The van der Waals surface area contributed by atoms with E-state index < -0.39 is 10.0 Å². The summed E-state index contributed by atoms with van der Waals surface area (Å²) in [6.07, 6.45) is 3.34. The predicted molar refractivity (Wildman–Crippen MR) is 78.9 cm³/mol. The maximum atomic E-state index is 12.9. The van der Waals surface area contributed by atoms with Gasteiger partial charge in [-0.3, -0.25) is 4.99 Å². The van der Waals surface area contributed by atoms with Crippen molar-refractivity contribution >= 4 is 16.2 Å². The van der Waals surface area contributed by atoms with Crippen molar-refractivity contribution in [3.63, 3.8) is 0 Å². The zero-order chi connectivity index (χ0) is 14.0. The molecule has 108 valence electrons. The third-order valence-corrected chi connectivity index (χ3v) is 5.79. The van der Waals surface area contributed by atoms with Crippen LogP contribution in [0.2, 0.25) is 0 Å². The van der Waals surface area contributed by atoms with Gasteiger partial charge in [0.05, 0.1) is 4.90 Å². The molecule has 0 saturated carbocycles. The molecule has 0 atom stereocenters. The fraction of sp³-hybridized carbons (Fsp3) is 0.500. The third-order valence-electron chi connectivity index (χ3n) is 3.81. The van der Waals surface area contributed by atoms with Gasteiger partial charge in [-0.2, -0.15) is 4.31 Å². The summed E-state index contributed by atoms with van der Waals surface area (Å²) in [6, 6.07) is 5.46. The van der Waals surface area contributed by atoms with E-state index in [1.165, 1.54) is 0 Å². The zero-order valence-corrected chi connectivity index (χ0v) is 12.2. The van der Waals surface area contributed by atoms with E-state index in [1.54, 1.807) is 22.7 Å². The molecule has 1 fully saturated rings. The molecular formula is C14H19N3O2S. The van der Waals surface area contributed by atoms with Crippen molar-refractivity contribution in [1.29, 1.82) is 0 Å². The lowest BCUT2D eigenvalue weighted by atomic mass is 10.0. The third kappa shape index (κ3) is 2.51. The highest BCUT2D eigenvalue weighted by atomic mass is 32.2. The number of hydrogen-bond acceptors (Lipinski definition) is 4. The largest absolute Gasteiger partial charge is 0.315 e. The Morgan fingerprint density at radius 3 is 3.00 bits per heavy atom. The van der Waals surface area contributed by atoms with Crippen molar-refractivity contribution in [2.45, 2.75) is 17.7 Å². The fourth-order valence-corrected chi connectivity index (χ4v) is 4.51. The summed E-state index contributed by atoms with van der Waals surface area (Å²) >= 11 is 0. The Bertz CT molecular complexity index is 617. The molecule has 2 heterocycles. The molecule has 20 heavy (non-hydrogen) atoms. The summed E-state index contributed by atoms with van der Waals surface area (Å²) in [7, 11) is -3.40. The molecule has 0 bridgehead atoms. The Kier molecular flexibility index (Phi) is 3.87. The first kappa shape index (κ1) is 13.7. The van der Waals surface area contributed by atoms with Crippen LogP contribution in [0.4, 0.5) is 0 Å². The van der Waals surface area contributed by atoms with Gasteiger partial charge >= 0.3 is 0 Å². The Labute approximate surface area is 119 Å². The number of nitrogens with zero attached hydrogens (tertiary/aromatic N) is 2. The number of sulfonamides is 1. The number of fused-ring (bicyclic) bond motifs is 1. The predicted octanol–water partition coefficient (Wildman–Crippen LogP) is 0.646. The van der Waals surface area contributed by atoms with Crippen LogP contribution >= 0.6 is 0 Å². The van der Waals surface area contributed by atoms with E-state index >= 15 is 0 Å². The second kappa shape index (κ2) is 5.63. The van der Waals surface area contributed by atoms with Crippen LogP contribution in [0.25, 0.3) is 0 Å². The molecule has 1 N–H and O–H groups in total. The van der Waals surface area contributed by atoms with E-state index in [-0.39, 0.29) is 0 Å². The molecule has 1 saturated heterocycles. The molecule has 0 radical (unpaired) electrons. The summed E-state index contributed by atoms with van der Waals surface area (Å²) in [6.45, 7) is 3.40. The van der Waals surface area contributed by atoms with Gasteiger partial charge in [0, 0.05) is 32.4 Å². The minimum Gasteiger partial charge on any atom is -0.315 e. The molecule has 3 rings (SSSR count). The molecule has 1 aromatic carbocycles. The van der Waals surface area contributed by atoms with E-state index in [0.717, 1.165) is 30.6 Å². The van der Waals surface area contributed by atoms with E-state index in [9.17, 15) is 8.42 Å². The molecule has 2 aliphatic rings. The SMILES string of the molecule is O=S(=O)(c1cccc2c1CCN=C2)N1CCCNCC1. The number of benzene rings is 1. The summed E-state index contributed by atoms with van der Waals surface area (Å²) < 4.78 is 27.3. The van der Waals surface area contributed by atoms with Gasteiger partial charge in [-0.05, 0) is 36.6 Å². The van der Waals surface area contributed by atoms with Gasteiger partial charge < -0.3 is 5.32 Å². The lowest BCUT2D eigenvalue weighted by Gasteiger charge is -2.23. The first-order valence-electron chi connectivity index (χ1n) is 7.02. The molecule has 2 aliphatic heterocycles. The number of rotatable bonds is 2. The monoisotopic (exact) mass is 293 g/mol. The van der Waals surface area contributed by atoms with E-state index in [1.807, 2.05) is 6.07 Å². The van der Waals surface area contributed by atoms with Crippen LogP contribution in [0, 0.1) is 0 Å². The van der Waals surface area contributed by atoms with Crippen molar-refractivity contribution in [2.24, 2.45) is 4.99 Å². The molecule has 1 aromatic rings. The second-order valence-electron chi connectivity index (χ2n) is 5.12. The summed E-state index contributed by atoms with van der Waals surface area (Å²) in [4.78, 5) is 4.69. The molecule has 0 spiro atoms. The van der Waals surface area contributed by atoms with Crippen LogP contribution < -0.4 is 5.32 Å². The lowest BCUT2D eigenvalue weighted by molar-refractivity contribution is 0.431. The van der Waals surface area contributed by atoms with Gasteiger partial charge in [0.25, 0.3) is 0 Å². The maximum Gasteiger partial charge on any atom is 0.243 e. The minimum absolute atomic E-state index is 0.461. The normalized spacial score (nSPS) is 20.4. The molecule has 0 aromatic heterocycles. The van der Waals surface area contributed by atoms with Gasteiger partial charge in [0.2, 0.25) is 10.0 Å². The highest BCUT2D eigenvalue weighted by Crippen LogP contribution is 2.25. The van der Waals surface area contributed by atoms with Gasteiger partial charge in [0.1, 0.15) is 0 Å². The molecule has 0 unspecified atom stereocenters. The number of nitrogens with one attached hydrogen (secondary N) is 1. The van der Waals surface area contributed by atoms with Crippen molar-refractivity contribution in [3.8, 4) is 0 Å². The van der Waals surface area contributed by atoms with Crippen LogP contribution in [-0.4, -0.2) is 51.7 Å². The van der Waals surface area contributed by atoms with Crippen LogP contribution in [0.15, 0.2) is 28.1 Å². The standard InChI is InChI=1S/C14H19N3O2S/c18-20(19,17-9-2-6-15-8-10-17)14-4-1-3-12-11-16-7-5-13(12)14/h1,3-4,11,15H,2,5-10H2. The molecule has 0 aliphatic carbocycles. The minimum atomic E-state index is -3.40. The van der Waals surface area contributed by atoms with Crippen molar-refractivity contribution in [2.75, 3.05) is 32.7 Å². The highest BCUT2D eigenvalue weighted by molar-refractivity contribution is 7.89. The second-order valence-corrected chi connectivity index (χ2v) is 7.02. The van der Waals surface area contributed by atoms with Gasteiger partial charge in [0.15, 0.2) is 0 Å². The number of aliphatic imine (C=N–C) groups is 1. The average Bonchev–Trinajstić information content (AvgIpc) is 2.76. The Morgan fingerprint density at radius 2 is 2.10 bits per heavy atom. The Hall–Kier alpha value is -1.24. The van der Waals surface area contributed by atoms with Crippen molar-refractivity contribution in [1.82, 2.24) is 9.62 Å². The average molecular weight is 293 g/mol. The zero-order valence-electron chi connectivity index (χ0n) is 11.4. The summed E-state index contributed by atoms with van der Waals surface area (Å²) in [5.41, 5.74) is 1.85. The van der Waals surface area contributed by atoms with E-state index in [2.05, 4.69) is 10.3 Å². The van der Waals surface area contributed by atoms with Gasteiger partial charge in [-0.15, -0.1) is 0 Å². The smallest absolute Gasteiger partial charge is 0.243 e. The Morgan fingerprint density at radius 1 is 1.20 bits per heavy atom. The van der Waals surface area contributed by atoms with Crippen LogP contribution in [-0.2, 0) is 16.4 Å². The first-order chi connectivity index (χ1) is 9.69. The quantitative estimate of drug-likeness (QED) is 0.871. The summed E-state index contributed by atoms with van der Waals surface area (Å²) in [5, 5.41) is 3.24. The fourth-order valence-electron chi connectivity index (χ4n) is 2.75. The van der Waals surface area contributed by atoms with E-state index in [4.69, 9.17) is 0 Å². The molecule has 6 heteroatoms. The Balaban J connectivity index is 2.01. The molecule has 0 amide bonds. The number of hydrogen-bond donors (Lipinski definition) is 1. The van der Waals surface area contributed by atoms with Crippen LogP contribution in [0.1, 0.15) is 17.5 Å². The molecular weight excluding hydrogens is 274 g/mol. The maximum absolute atomic E-state index is 12.9. The van der Waals surface area contributed by atoms with E-state index in [0.29, 0.717) is 31.0 Å².